The van der Waals surface area contributed by atoms with Gasteiger partial charge in [-0.2, -0.15) is 0 Å². The summed E-state index contributed by atoms with van der Waals surface area (Å²) in [5, 5.41) is 25.7. The van der Waals surface area contributed by atoms with Crippen molar-refractivity contribution in [3.8, 4) is 11.4 Å². The fourth-order valence-corrected chi connectivity index (χ4v) is 2.16. The van der Waals surface area contributed by atoms with Gasteiger partial charge in [-0.05, 0) is 54.5 Å². The van der Waals surface area contributed by atoms with Gasteiger partial charge in [0.05, 0.1) is 12.1 Å². The van der Waals surface area contributed by atoms with Crippen LogP contribution in [0.3, 0.4) is 0 Å². The minimum Gasteiger partial charge on any atom is -0.392 e. The Hall–Kier alpha value is -2.81. The van der Waals surface area contributed by atoms with Crippen molar-refractivity contribution < 1.29 is 14.7 Å². The molecule has 3 N–H and O–H groups in total. The second-order valence-electron chi connectivity index (χ2n) is 5.77. The van der Waals surface area contributed by atoms with Crippen LogP contribution in [0, 0.1) is 0 Å². The summed E-state index contributed by atoms with van der Waals surface area (Å²) in [7, 11) is 0. The van der Waals surface area contributed by atoms with E-state index in [1.807, 2.05) is 0 Å². The molecule has 0 bridgehead atoms. The minimum absolute atomic E-state index is 0.0228. The van der Waals surface area contributed by atoms with Gasteiger partial charge in [-0.25, -0.2) is 4.68 Å². The molecule has 1 aliphatic rings. The van der Waals surface area contributed by atoms with Crippen LogP contribution < -0.4 is 10.6 Å². The summed E-state index contributed by atoms with van der Waals surface area (Å²) in [5.74, 6) is -0.895. The summed E-state index contributed by atoms with van der Waals surface area (Å²) in [4.78, 5) is 23.3. The third-order valence-electron chi connectivity index (χ3n) is 3.55. The SMILES string of the molecule is C[C@@H](O)CNC(=O)C(=O)Nc1ccc(-c2nnnn2C2CC2)cc1. The minimum atomic E-state index is -0.794. The number of aliphatic hydroxyl groups excluding tert-OH is 1. The third-order valence-corrected chi connectivity index (χ3v) is 3.55. The number of nitrogens with zero attached hydrogens (tertiary/aromatic N) is 4. The lowest BCUT2D eigenvalue weighted by Gasteiger charge is -2.08. The molecule has 0 aliphatic heterocycles. The van der Waals surface area contributed by atoms with Crippen molar-refractivity contribution in [3.63, 3.8) is 0 Å². The number of benzene rings is 1. The van der Waals surface area contributed by atoms with Gasteiger partial charge < -0.3 is 15.7 Å². The van der Waals surface area contributed by atoms with Crippen molar-refractivity contribution in [3.05, 3.63) is 24.3 Å². The summed E-state index contributed by atoms with van der Waals surface area (Å²) >= 11 is 0. The molecule has 1 aliphatic carbocycles. The van der Waals surface area contributed by atoms with Crippen molar-refractivity contribution in [2.45, 2.75) is 31.9 Å². The van der Waals surface area contributed by atoms with E-state index >= 15 is 0 Å². The normalized spacial score (nSPS) is 14.9. The maximum atomic E-state index is 11.7. The highest BCUT2D eigenvalue weighted by molar-refractivity contribution is 6.39. The molecule has 24 heavy (non-hydrogen) atoms. The maximum Gasteiger partial charge on any atom is 0.313 e. The average molecular weight is 330 g/mol. The molecule has 0 radical (unpaired) electrons. The van der Waals surface area contributed by atoms with Crippen LogP contribution in [-0.2, 0) is 9.59 Å². The highest BCUT2D eigenvalue weighted by Gasteiger charge is 2.28. The van der Waals surface area contributed by atoms with Crippen LogP contribution in [0.4, 0.5) is 5.69 Å². The van der Waals surface area contributed by atoms with E-state index in [-0.39, 0.29) is 6.54 Å². The second-order valence-corrected chi connectivity index (χ2v) is 5.77. The second kappa shape index (κ2) is 6.75. The van der Waals surface area contributed by atoms with E-state index in [1.165, 1.54) is 6.92 Å². The quantitative estimate of drug-likeness (QED) is 0.669. The van der Waals surface area contributed by atoms with Crippen molar-refractivity contribution in [1.29, 1.82) is 0 Å². The Morgan fingerprint density at radius 2 is 2.00 bits per heavy atom. The van der Waals surface area contributed by atoms with Gasteiger partial charge in [-0.15, -0.1) is 5.10 Å². The van der Waals surface area contributed by atoms with Crippen LogP contribution in [-0.4, -0.2) is 49.8 Å². The Balaban J connectivity index is 1.63. The average Bonchev–Trinajstić information content (AvgIpc) is 3.30. The predicted molar refractivity (Wildman–Crippen MR) is 84.8 cm³/mol. The zero-order valence-electron chi connectivity index (χ0n) is 13.1. The molecule has 1 aromatic carbocycles. The number of amides is 2. The Bertz CT molecular complexity index is 736. The van der Waals surface area contributed by atoms with E-state index in [1.54, 1.807) is 28.9 Å². The van der Waals surface area contributed by atoms with Crippen LogP contribution >= 0.6 is 0 Å². The number of anilines is 1. The van der Waals surface area contributed by atoms with Gasteiger partial charge in [0, 0.05) is 17.8 Å². The van der Waals surface area contributed by atoms with Crippen molar-refractivity contribution in [2.75, 3.05) is 11.9 Å². The van der Waals surface area contributed by atoms with E-state index in [2.05, 4.69) is 26.2 Å². The van der Waals surface area contributed by atoms with E-state index in [4.69, 9.17) is 5.11 Å². The first-order valence-corrected chi connectivity index (χ1v) is 7.70. The summed E-state index contributed by atoms with van der Waals surface area (Å²) < 4.78 is 1.80. The lowest BCUT2D eigenvalue weighted by Crippen LogP contribution is -2.38. The van der Waals surface area contributed by atoms with Crippen LogP contribution in [0.5, 0.6) is 0 Å². The molecule has 1 heterocycles. The largest absolute Gasteiger partial charge is 0.392 e. The smallest absolute Gasteiger partial charge is 0.313 e. The Morgan fingerprint density at radius 1 is 1.29 bits per heavy atom. The molecule has 0 saturated heterocycles. The fraction of sp³-hybridized carbons (Fsp3) is 0.400. The lowest BCUT2D eigenvalue weighted by molar-refractivity contribution is -0.136. The number of carbonyl (C=O) groups excluding carboxylic acids is 2. The van der Waals surface area contributed by atoms with E-state index in [0.29, 0.717) is 17.6 Å². The summed E-state index contributed by atoms with van der Waals surface area (Å²) in [6.07, 6.45) is 1.44. The molecule has 0 unspecified atom stereocenters. The van der Waals surface area contributed by atoms with Gasteiger partial charge >= 0.3 is 11.8 Å². The van der Waals surface area contributed by atoms with Gasteiger partial charge in [-0.3, -0.25) is 9.59 Å². The molecule has 9 nitrogen and oxygen atoms in total. The van der Waals surface area contributed by atoms with Crippen LogP contribution in [0.1, 0.15) is 25.8 Å². The monoisotopic (exact) mass is 330 g/mol. The molecular weight excluding hydrogens is 312 g/mol. The van der Waals surface area contributed by atoms with Crippen molar-refractivity contribution in [1.82, 2.24) is 25.5 Å². The number of hydrogen-bond acceptors (Lipinski definition) is 6. The molecular formula is C15H18N6O3. The molecule has 1 atom stereocenters. The number of nitrogens with one attached hydrogen (secondary N) is 2. The number of aromatic nitrogens is 4. The van der Waals surface area contributed by atoms with Crippen LogP contribution in [0.15, 0.2) is 24.3 Å². The Morgan fingerprint density at radius 3 is 2.62 bits per heavy atom. The van der Waals surface area contributed by atoms with Gasteiger partial charge in [0.15, 0.2) is 5.82 Å². The summed E-state index contributed by atoms with van der Waals surface area (Å²) in [6.45, 7) is 1.54. The molecule has 0 spiro atoms. The lowest BCUT2D eigenvalue weighted by atomic mass is 10.2. The van der Waals surface area contributed by atoms with Crippen LogP contribution in [0.25, 0.3) is 11.4 Å². The van der Waals surface area contributed by atoms with Crippen molar-refractivity contribution >= 4 is 17.5 Å². The van der Waals surface area contributed by atoms with Gasteiger partial charge in [0.1, 0.15) is 0 Å². The number of tetrazole rings is 1. The standard InChI is InChI=1S/C15H18N6O3/c1-9(22)8-16-14(23)15(24)17-11-4-2-10(3-5-11)13-18-19-20-21(13)12-6-7-12/h2-5,9,12,22H,6-8H2,1H3,(H,16,23)(H,17,24)/t9-/m1/s1. The van der Waals surface area contributed by atoms with E-state index < -0.39 is 17.9 Å². The molecule has 9 heteroatoms. The number of aliphatic hydroxyl groups is 1. The number of rotatable bonds is 5. The highest BCUT2D eigenvalue weighted by atomic mass is 16.3. The Kier molecular flexibility index (Phi) is 4.52. The third kappa shape index (κ3) is 3.74. The molecule has 126 valence electrons. The van der Waals surface area contributed by atoms with Gasteiger partial charge in [-0.1, -0.05) is 0 Å². The van der Waals surface area contributed by atoms with Crippen molar-refractivity contribution in [2.24, 2.45) is 0 Å². The topological polar surface area (TPSA) is 122 Å². The first kappa shape index (κ1) is 16.1. The fourth-order valence-electron chi connectivity index (χ4n) is 2.16. The summed E-state index contributed by atoms with van der Waals surface area (Å²) in [6, 6.07) is 7.30. The number of carbonyl (C=O) groups is 2. The first-order chi connectivity index (χ1) is 11.5. The zero-order valence-corrected chi connectivity index (χ0v) is 13.1. The predicted octanol–water partition coefficient (Wildman–Crippen LogP) is 0.110. The molecule has 1 fully saturated rings. The van der Waals surface area contributed by atoms with Gasteiger partial charge in [0.25, 0.3) is 0 Å². The molecule has 3 rings (SSSR count). The molecule has 2 amide bonds. The number of hydrogen-bond donors (Lipinski definition) is 3. The van der Waals surface area contributed by atoms with Gasteiger partial charge in [0.2, 0.25) is 0 Å². The first-order valence-electron chi connectivity index (χ1n) is 7.70. The molecule has 1 saturated carbocycles. The Labute approximate surface area is 138 Å². The van der Waals surface area contributed by atoms with Crippen LogP contribution in [0.2, 0.25) is 0 Å². The molecule has 1 aromatic heterocycles. The highest BCUT2D eigenvalue weighted by Crippen LogP contribution is 2.36. The van der Waals surface area contributed by atoms with E-state index in [0.717, 1.165) is 18.4 Å². The maximum absolute atomic E-state index is 11.7. The van der Waals surface area contributed by atoms with E-state index in [9.17, 15) is 9.59 Å². The molecule has 2 aromatic rings. The zero-order chi connectivity index (χ0) is 17.1. The summed E-state index contributed by atoms with van der Waals surface area (Å²) in [5.41, 5.74) is 1.32.